The summed E-state index contributed by atoms with van der Waals surface area (Å²) in [6.45, 7) is 4.58. The largest absolute Gasteiger partial charge is 0.417 e. The summed E-state index contributed by atoms with van der Waals surface area (Å²) in [5, 5.41) is 15.0. The van der Waals surface area contributed by atoms with Gasteiger partial charge in [0.25, 0.3) is 0 Å². The topological polar surface area (TPSA) is 74.8 Å². The second-order valence-corrected chi connectivity index (χ2v) is 15.5. The number of rotatable bonds is 5. The molecule has 54 heavy (non-hydrogen) atoms. The minimum atomic E-state index is -4.49. The molecule has 3 aromatic heterocycles. The number of benzene rings is 3. The molecule has 6 aromatic rings. The van der Waals surface area contributed by atoms with Gasteiger partial charge in [-0.05, 0) is 133 Å². The number of aromatic nitrogens is 3. The molecule has 9 rings (SSSR count). The zero-order valence-electron chi connectivity index (χ0n) is 29.7. The number of fused-ring (bicyclic) bond motifs is 3. The third-order valence-electron chi connectivity index (χ3n) is 12.3. The number of hydrogen-bond acceptors (Lipinski definition) is 6. The Morgan fingerprint density at radius 3 is 1.87 bits per heavy atom. The van der Waals surface area contributed by atoms with E-state index in [-0.39, 0.29) is 40.8 Å². The Morgan fingerprint density at radius 1 is 0.574 bits per heavy atom. The Balaban J connectivity index is 1.13. The average molecular weight is 753 g/mol. The highest BCUT2D eigenvalue weighted by Crippen LogP contribution is 2.46. The molecule has 0 radical (unpaired) electrons. The maximum Gasteiger partial charge on any atom is 0.417 e. The van der Waals surface area contributed by atoms with E-state index in [1.807, 2.05) is 18.3 Å². The van der Waals surface area contributed by atoms with E-state index >= 15 is 0 Å². The lowest BCUT2D eigenvalue weighted by atomic mass is 9.75. The fourth-order valence-corrected chi connectivity index (χ4v) is 9.78. The predicted octanol–water partition coefficient (Wildman–Crippen LogP) is 9.33. The number of alkyl halides is 3. The Morgan fingerprint density at radius 2 is 1.17 bits per heavy atom. The van der Waals surface area contributed by atoms with Crippen LogP contribution in [0.25, 0.3) is 32.3 Å². The van der Waals surface area contributed by atoms with Crippen LogP contribution in [0, 0.1) is 5.82 Å². The smallest absolute Gasteiger partial charge is 0.317 e. The third kappa shape index (κ3) is 6.40. The van der Waals surface area contributed by atoms with Crippen LogP contribution in [-0.4, -0.2) is 54.2 Å². The van der Waals surface area contributed by atoms with Gasteiger partial charge in [0.15, 0.2) is 0 Å². The maximum atomic E-state index is 14.9. The first-order chi connectivity index (χ1) is 26.3. The van der Waals surface area contributed by atoms with Gasteiger partial charge in [0.2, 0.25) is 0 Å². The first-order valence-corrected chi connectivity index (χ1v) is 19.4. The molecule has 3 aromatic carbocycles. The molecule has 3 saturated heterocycles. The van der Waals surface area contributed by atoms with E-state index in [0.29, 0.717) is 34.6 Å². The van der Waals surface area contributed by atoms with Crippen molar-refractivity contribution in [2.24, 2.45) is 0 Å². The van der Waals surface area contributed by atoms with E-state index in [1.165, 1.54) is 6.07 Å². The van der Waals surface area contributed by atoms with Crippen molar-refractivity contribution < 1.29 is 17.6 Å². The Kier molecular flexibility index (Phi) is 9.50. The van der Waals surface area contributed by atoms with Gasteiger partial charge in [0.05, 0.1) is 5.56 Å². The summed E-state index contributed by atoms with van der Waals surface area (Å²) in [5.74, 6) is -0.190. The molecular formula is C43H41ClF4N6. The lowest BCUT2D eigenvalue weighted by Gasteiger charge is -2.34. The summed E-state index contributed by atoms with van der Waals surface area (Å²) < 4.78 is 58.5. The summed E-state index contributed by atoms with van der Waals surface area (Å²) in [7, 11) is 0. The minimum absolute atomic E-state index is 0.00440. The van der Waals surface area contributed by atoms with Crippen LogP contribution in [0.15, 0.2) is 79.4 Å². The van der Waals surface area contributed by atoms with Crippen molar-refractivity contribution in [3.05, 3.63) is 124 Å². The molecule has 6 nitrogen and oxygen atoms in total. The van der Waals surface area contributed by atoms with Gasteiger partial charge in [-0.15, -0.1) is 0 Å². The van der Waals surface area contributed by atoms with Gasteiger partial charge in [-0.25, -0.2) is 4.39 Å². The van der Waals surface area contributed by atoms with Gasteiger partial charge in [0.1, 0.15) is 5.82 Å². The summed E-state index contributed by atoms with van der Waals surface area (Å²) in [6, 6.07) is 15.9. The maximum absolute atomic E-state index is 14.9. The second kappa shape index (κ2) is 14.5. The zero-order chi connectivity index (χ0) is 37.0. The molecule has 11 heteroatoms. The number of nitrogens with one attached hydrogen (secondary N) is 3. The molecule has 3 aliphatic rings. The van der Waals surface area contributed by atoms with Crippen LogP contribution in [0.2, 0.25) is 5.02 Å². The number of piperidine rings is 3. The van der Waals surface area contributed by atoms with E-state index in [4.69, 9.17) is 21.6 Å². The first kappa shape index (κ1) is 35.5. The van der Waals surface area contributed by atoms with Crippen LogP contribution in [0.5, 0.6) is 0 Å². The van der Waals surface area contributed by atoms with Crippen LogP contribution in [0.4, 0.5) is 17.6 Å². The molecule has 4 unspecified atom stereocenters. The highest BCUT2D eigenvalue weighted by atomic mass is 35.5. The van der Waals surface area contributed by atoms with Crippen molar-refractivity contribution in [3.63, 3.8) is 0 Å². The van der Waals surface area contributed by atoms with Crippen molar-refractivity contribution in [1.29, 1.82) is 0 Å². The third-order valence-corrected chi connectivity index (χ3v) is 12.6. The van der Waals surface area contributed by atoms with Crippen molar-refractivity contribution in [2.75, 3.05) is 39.3 Å². The normalized spacial score (nSPS) is 23.0. The highest BCUT2D eigenvalue weighted by molar-refractivity contribution is 6.35. The van der Waals surface area contributed by atoms with Crippen molar-refractivity contribution >= 4 is 43.9 Å². The molecular weight excluding hydrogens is 712 g/mol. The highest BCUT2D eigenvalue weighted by Gasteiger charge is 2.36. The summed E-state index contributed by atoms with van der Waals surface area (Å²) in [4.78, 5) is 14.3. The van der Waals surface area contributed by atoms with Crippen LogP contribution in [0.1, 0.15) is 88.9 Å². The Labute approximate surface area is 316 Å². The Bertz CT molecular complexity index is 2360. The van der Waals surface area contributed by atoms with Gasteiger partial charge in [-0.2, -0.15) is 13.2 Å². The van der Waals surface area contributed by atoms with Crippen molar-refractivity contribution in [1.82, 2.24) is 30.9 Å². The van der Waals surface area contributed by atoms with Gasteiger partial charge in [-0.1, -0.05) is 29.8 Å². The van der Waals surface area contributed by atoms with Gasteiger partial charge < -0.3 is 16.0 Å². The predicted molar refractivity (Wildman–Crippen MR) is 206 cm³/mol. The first-order valence-electron chi connectivity index (χ1n) is 19.0. The molecule has 6 heterocycles. The van der Waals surface area contributed by atoms with E-state index in [0.717, 1.165) is 90.4 Å². The van der Waals surface area contributed by atoms with Crippen LogP contribution >= 0.6 is 11.6 Å². The second-order valence-electron chi connectivity index (χ2n) is 15.1. The van der Waals surface area contributed by atoms with E-state index in [2.05, 4.69) is 33.1 Å². The average Bonchev–Trinajstić information content (AvgIpc) is 3.20. The lowest BCUT2D eigenvalue weighted by molar-refractivity contribution is -0.136. The van der Waals surface area contributed by atoms with E-state index in [9.17, 15) is 17.6 Å². The van der Waals surface area contributed by atoms with Gasteiger partial charge in [0, 0.05) is 87.7 Å². The molecule has 0 aliphatic carbocycles. The Hall–Kier alpha value is -4.22. The zero-order valence-corrected chi connectivity index (χ0v) is 30.5. The molecule has 0 saturated carbocycles. The van der Waals surface area contributed by atoms with E-state index in [1.54, 1.807) is 42.9 Å². The fourth-order valence-electron chi connectivity index (χ4n) is 9.57. The number of halogens is 5. The molecule has 3 aliphatic heterocycles. The van der Waals surface area contributed by atoms with Crippen LogP contribution in [-0.2, 0) is 6.18 Å². The van der Waals surface area contributed by atoms with Crippen LogP contribution < -0.4 is 16.0 Å². The molecule has 0 bridgehead atoms. The monoisotopic (exact) mass is 752 g/mol. The van der Waals surface area contributed by atoms with Gasteiger partial charge >= 0.3 is 6.18 Å². The standard InChI is InChI=1S/C43H41ClF4N6/c44-39-5-2-26(31-17-41(54-23-35(31)39)37-21-52-15-10-29(37)27-3-6-40(45)30-11-16-50-19-33(27)30)28-9-14-51-20-36(28)42-18-32-34(22-53-42)25(24-7-12-49-13-8-24)1-4-38(32)43(46,47)48/h1-6,11,16-19,22-24,28-29,36-37,49,51-52H,7-10,12-15,20-21H2. The van der Waals surface area contributed by atoms with Crippen LogP contribution in [0.3, 0.4) is 0 Å². The minimum Gasteiger partial charge on any atom is -0.317 e. The molecule has 4 atom stereocenters. The summed E-state index contributed by atoms with van der Waals surface area (Å²) in [5.41, 5.74) is 4.04. The number of pyridine rings is 3. The fraction of sp³-hybridized carbons (Fsp3) is 0.372. The molecule has 3 fully saturated rings. The quantitative estimate of drug-likeness (QED) is 0.153. The molecule has 0 amide bonds. The lowest BCUT2D eigenvalue weighted by Crippen LogP contribution is -2.35. The van der Waals surface area contributed by atoms with E-state index < -0.39 is 11.7 Å². The molecule has 278 valence electrons. The van der Waals surface area contributed by atoms with Crippen molar-refractivity contribution in [2.45, 2.75) is 61.4 Å². The van der Waals surface area contributed by atoms with Gasteiger partial charge in [-0.3, -0.25) is 15.0 Å². The summed E-state index contributed by atoms with van der Waals surface area (Å²) >= 11 is 6.84. The van der Waals surface area contributed by atoms with Crippen molar-refractivity contribution in [3.8, 4) is 0 Å². The number of hydrogen-bond donors (Lipinski definition) is 3. The summed E-state index contributed by atoms with van der Waals surface area (Å²) in [6.07, 6.45) is 5.82. The SMILES string of the molecule is Fc1ccc(C2CCNCC2c2cc3c(C4CCNCC4c4cc5c(C(F)(F)F)ccc(C6CCNCC6)c5cn4)ccc(Cl)c3cn2)c2cnccc12. The molecule has 3 N–H and O–H groups in total. The number of nitrogens with zero attached hydrogens (tertiary/aromatic N) is 3. The molecule has 0 spiro atoms.